The number of amides is 1. The number of rotatable bonds is 3. The predicted octanol–water partition coefficient (Wildman–Crippen LogP) is 2.84. The van der Waals surface area contributed by atoms with Crippen LogP contribution in [-0.4, -0.2) is 42.6 Å². The second-order valence-electron chi connectivity index (χ2n) is 6.91. The lowest BCUT2D eigenvalue weighted by Crippen LogP contribution is -2.46. The molecule has 0 aliphatic carbocycles. The maximum Gasteiger partial charge on any atom is 0.274 e. The van der Waals surface area contributed by atoms with Gasteiger partial charge in [-0.2, -0.15) is 5.10 Å². The maximum absolute atomic E-state index is 13.1. The molecule has 0 radical (unpaired) electrons. The van der Waals surface area contributed by atoms with Crippen LogP contribution in [0, 0.1) is 13.8 Å². The molecule has 3 aromatic heterocycles. The average Bonchev–Trinajstić information content (AvgIpc) is 3.22. The van der Waals surface area contributed by atoms with Crippen molar-refractivity contribution >= 4 is 11.6 Å². The average molecular weight is 337 g/mol. The first kappa shape index (κ1) is 15.9. The molecule has 6 heteroatoms. The highest BCUT2D eigenvalue weighted by atomic mass is 16.2. The Morgan fingerprint density at radius 1 is 1.24 bits per heavy atom. The highest BCUT2D eigenvalue weighted by Crippen LogP contribution is 2.21. The predicted molar refractivity (Wildman–Crippen MR) is 95.6 cm³/mol. The molecule has 1 atom stereocenters. The summed E-state index contributed by atoms with van der Waals surface area (Å²) < 4.78 is 3.92. The monoisotopic (exact) mass is 337 g/mol. The van der Waals surface area contributed by atoms with Crippen LogP contribution in [0.5, 0.6) is 0 Å². The number of nitrogens with zero attached hydrogens (tertiary/aromatic N) is 5. The van der Waals surface area contributed by atoms with Gasteiger partial charge in [0.2, 0.25) is 0 Å². The largest absolute Gasteiger partial charge is 0.332 e. The minimum Gasteiger partial charge on any atom is -0.332 e. The first-order valence-corrected chi connectivity index (χ1v) is 8.86. The Hall–Kier alpha value is -2.63. The molecular weight excluding hydrogens is 314 g/mol. The summed E-state index contributed by atoms with van der Waals surface area (Å²) in [6.45, 7) is 5.58. The number of carbonyl (C=O) groups is 1. The molecule has 0 aromatic carbocycles. The van der Waals surface area contributed by atoms with Crippen molar-refractivity contribution in [2.45, 2.75) is 45.7 Å². The molecule has 1 saturated heterocycles. The van der Waals surface area contributed by atoms with E-state index in [0.29, 0.717) is 5.69 Å². The number of piperidine rings is 1. The van der Waals surface area contributed by atoms with E-state index in [2.05, 4.69) is 10.1 Å². The van der Waals surface area contributed by atoms with Crippen molar-refractivity contribution in [2.75, 3.05) is 6.54 Å². The number of hydrogen-bond donors (Lipinski definition) is 0. The molecule has 4 rings (SSSR count). The van der Waals surface area contributed by atoms with Crippen LogP contribution in [0.1, 0.15) is 41.0 Å². The van der Waals surface area contributed by atoms with Gasteiger partial charge in [-0.15, -0.1) is 0 Å². The van der Waals surface area contributed by atoms with Crippen LogP contribution in [0.3, 0.4) is 0 Å². The topological polar surface area (TPSA) is 55.4 Å². The van der Waals surface area contributed by atoms with Crippen LogP contribution in [0.25, 0.3) is 5.65 Å². The lowest BCUT2D eigenvalue weighted by Gasteiger charge is -2.35. The summed E-state index contributed by atoms with van der Waals surface area (Å²) in [5, 5.41) is 4.38. The molecule has 0 N–H and O–H groups in total. The normalized spacial score (nSPS) is 18.0. The fraction of sp³-hybridized carbons (Fsp3) is 0.421. The fourth-order valence-electron chi connectivity index (χ4n) is 3.64. The Bertz CT molecular complexity index is 910. The summed E-state index contributed by atoms with van der Waals surface area (Å²) in [7, 11) is 0. The molecule has 1 aliphatic heterocycles. The molecule has 0 spiro atoms. The minimum atomic E-state index is 0.0247. The van der Waals surface area contributed by atoms with E-state index in [1.54, 1.807) is 0 Å². The number of fused-ring (bicyclic) bond motifs is 1. The number of aromatic nitrogens is 4. The van der Waals surface area contributed by atoms with E-state index in [0.717, 1.165) is 49.3 Å². The maximum atomic E-state index is 13.1. The van der Waals surface area contributed by atoms with Gasteiger partial charge in [0.25, 0.3) is 5.91 Å². The number of pyridine rings is 1. The number of imidazole rings is 1. The highest BCUT2D eigenvalue weighted by Gasteiger charge is 2.29. The second kappa shape index (κ2) is 6.35. The van der Waals surface area contributed by atoms with Gasteiger partial charge in [0, 0.05) is 24.6 Å². The van der Waals surface area contributed by atoms with E-state index in [-0.39, 0.29) is 11.9 Å². The lowest BCUT2D eigenvalue weighted by atomic mass is 10.0. The minimum absolute atomic E-state index is 0.0247. The summed E-state index contributed by atoms with van der Waals surface area (Å²) in [5.41, 5.74) is 3.56. The first-order chi connectivity index (χ1) is 12.1. The molecule has 6 nitrogen and oxygen atoms in total. The van der Waals surface area contributed by atoms with Crippen LogP contribution in [-0.2, 0) is 6.54 Å². The first-order valence-electron chi connectivity index (χ1n) is 8.86. The van der Waals surface area contributed by atoms with Gasteiger partial charge in [-0.1, -0.05) is 6.07 Å². The summed E-state index contributed by atoms with van der Waals surface area (Å²) >= 11 is 0. The van der Waals surface area contributed by atoms with Crippen molar-refractivity contribution in [3.63, 3.8) is 0 Å². The van der Waals surface area contributed by atoms with Gasteiger partial charge in [-0.25, -0.2) is 4.98 Å². The molecule has 1 fully saturated rings. The van der Waals surface area contributed by atoms with Crippen molar-refractivity contribution in [3.8, 4) is 0 Å². The zero-order valence-corrected chi connectivity index (χ0v) is 14.7. The molecule has 3 aromatic rings. The van der Waals surface area contributed by atoms with Crippen LogP contribution < -0.4 is 0 Å². The summed E-state index contributed by atoms with van der Waals surface area (Å²) in [5.74, 6) is 0.0247. The van der Waals surface area contributed by atoms with E-state index >= 15 is 0 Å². The van der Waals surface area contributed by atoms with Crippen LogP contribution in [0.15, 0.2) is 36.8 Å². The molecule has 1 aliphatic rings. The van der Waals surface area contributed by atoms with Gasteiger partial charge in [0.15, 0.2) is 0 Å². The molecule has 0 saturated carbocycles. The van der Waals surface area contributed by atoms with Gasteiger partial charge in [-0.05, 0) is 50.8 Å². The number of hydrogen-bond acceptors (Lipinski definition) is 3. The van der Waals surface area contributed by atoms with Crippen molar-refractivity contribution in [1.82, 2.24) is 24.1 Å². The van der Waals surface area contributed by atoms with E-state index < -0.39 is 0 Å². The Morgan fingerprint density at radius 2 is 2.12 bits per heavy atom. The van der Waals surface area contributed by atoms with Crippen LogP contribution in [0.2, 0.25) is 0 Å². The number of aryl methyl sites for hydroxylation is 2. The van der Waals surface area contributed by atoms with Gasteiger partial charge in [0.05, 0.1) is 18.8 Å². The molecule has 25 heavy (non-hydrogen) atoms. The van der Waals surface area contributed by atoms with E-state index in [4.69, 9.17) is 0 Å². The zero-order valence-electron chi connectivity index (χ0n) is 14.7. The van der Waals surface area contributed by atoms with Gasteiger partial charge in [-0.3, -0.25) is 9.48 Å². The highest BCUT2D eigenvalue weighted by molar-refractivity contribution is 5.93. The van der Waals surface area contributed by atoms with E-state index in [9.17, 15) is 4.79 Å². The number of carbonyl (C=O) groups excluding carboxylic acids is 1. The SMILES string of the molecule is Cc1cnn(CC2CCCCN2C(=O)c2cn3c(C)cccc3n2)c1. The smallest absolute Gasteiger partial charge is 0.274 e. The third-order valence-corrected chi connectivity index (χ3v) is 4.96. The summed E-state index contributed by atoms with van der Waals surface area (Å²) in [6.07, 6.45) is 8.96. The molecule has 1 unspecified atom stereocenters. The van der Waals surface area contributed by atoms with Gasteiger partial charge >= 0.3 is 0 Å². The van der Waals surface area contributed by atoms with Gasteiger partial charge < -0.3 is 9.30 Å². The standard InChI is InChI=1S/C19H23N5O/c1-14-10-20-22(11-14)12-16-7-3-4-9-23(16)19(25)17-13-24-15(2)6-5-8-18(24)21-17/h5-6,8,10-11,13,16H,3-4,7,9,12H2,1-2H3. The fourth-order valence-corrected chi connectivity index (χ4v) is 3.64. The molecule has 1 amide bonds. The van der Waals surface area contributed by atoms with Crippen molar-refractivity contribution in [1.29, 1.82) is 0 Å². The van der Waals surface area contributed by atoms with Crippen LogP contribution in [0.4, 0.5) is 0 Å². The summed E-state index contributed by atoms with van der Waals surface area (Å²) in [6, 6.07) is 6.10. The Morgan fingerprint density at radius 3 is 2.88 bits per heavy atom. The number of likely N-dealkylation sites (tertiary alicyclic amines) is 1. The van der Waals surface area contributed by atoms with Crippen LogP contribution >= 0.6 is 0 Å². The van der Waals surface area contributed by atoms with E-state index in [1.165, 1.54) is 0 Å². The zero-order chi connectivity index (χ0) is 17.4. The lowest BCUT2D eigenvalue weighted by molar-refractivity contribution is 0.0578. The Kier molecular flexibility index (Phi) is 4.03. The van der Waals surface area contributed by atoms with Crippen molar-refractivity contribution < 1.29 is 4.79 Å². The molecule has 130 valence electrons. The van der Waals surface area contributed by atoms with Gasteiger partial charge in [0.1, 0.15) is 11.3 Å². The molecule has 4 heterocycles. The van der Waals surface area contributed by atoms with E-state index in [1.807, 2.05) is 64.6 Å². The quantitative estimate of drug-likeness (QED) is 0.738. The van der Waals surface area contributed by atoms with Crippen molar-refractivity contribution in [3.05, 3.63) is 53.7 Å². The summed E-state index contributed by atoms with van der Waals surface area (Å²) in [4.78, 5) is 19.6. The molecular formula is C19H23N5O. The second-order valence-corrected chi connectivity index (χ2v) is 6.91. The van der Waals surface area contributed by atoms with Crippen molar-refractivity contribution in [2.24, 2.45) is 0 Å². The Labute approximate surface area is 147 Å². The molecule has 0 bridgehead atoms. The Balaban J connectivity index is 1.60. The third-order valence-electron chi connectivity index (χ3n) is 4.96. The third kappa shape index (κ3) is 3.04.